The van der Waals surface area contributed by atoms with E-state index in [4.69, 9.17) is 4.74 Å². The molecular formula is C15H14F4O4. The normalized spacial score (nSPS) is 22.8. The lowest BCUT2D eigenvalue weighted by molar-refractivity contribution is -0.152. The second-order valence-corrected chi connectivity index (χ2v) is 5.59. The van der Waals surface area contributed by atoms with Gasteiger partial charge >= 0.3 is 5.97 Å². The zero-order valence-electron chi connectivity index (χ0n) is 12.4. The van der Waals surface area contributed by atoms with Crippen molar-refractivity contribution in [2.24, 2.45) is 11.3 Å². The zero-order valence-corrected chi connectivity index (χ0v) is 12.4. The fourth-order valence-corrected chi connectivity index (χ4v) is 2.25. The van der Waals surface area contributed by atoms with E-state index in [1.807, 2.05) is 0 Å². The van der Waals surface area contributed by atoms with E-state index in [1.54, 1.807) is 0 Å². The minimum atomic E-state index is -1.64. The molecule has 126 valence electrons. The Bertz CT molecular complexity index is 632. The molecule has 2 rings (SSSR count). The van der Waals surface area contributed by atoms with Crippen LogP contribution >= 0.6 is 0 Å². The van der Waals surface area contributed by atoms with Crippen LogP contribution in [0.1, 0.15) is 24.5 Å². The highest BCUT2D eigenvalue weighted by atomic mass is 19.2. The number of esters is 1. The van der Waals surface area contributed by atoms with Crippen LogP contribution in [-0.2, 0) is 32.3 Å². The van der Waals surface area contributed by atoms with Crippen molar-refractivity contribution in [3.8, 4) is 0 Å². The maximum absolute atomic E-state index is 13.8. The molecule has 1 aliphatic carbocycles. The summed E-state index contributed by atoms with van der Waals surface area (Å²) >= 11 is 0. The molecule has 0 aliphatic heterocycles. The Morgan fingerprint density at radius 3 is 2.00 bits per heavy atom. The first kappa shape index (κ1) is 17.4. The fraction of sp³-hybridized carbons (Fsp3) is 0.467. The van der Waals surface area contributed by atoms with Gasteiger partial charge in [-0.1, -0.05) is 0 Å². The minimum Gasteiger partial charge on any atom is -0.460 e. The van der Waals surface area contributed by atoms with Crippen LogP contribution in [0.3, 0.4) is 0 Å². The third kappa shape index (κ3) is 2.95. The van der Waals surface area contributed by atoms with E-state index < -0.39 is 64.9 Å². The summed E-state index contributed by atoms with van der Waals surface area (Å²) < 4.78 is 64.4. The van der Waals surface area contributed by atoms with Gasteiger partial charge in [-0.25, -0.2) is 17.6 Å². The molecule has 8 heteroatoms. The number of benzene rings is 1. The monoisotopic (exact) mass is 334 g/mol. The van der Waals surface area contributed by atoms with Gasteiger partial charge in [0, 0.05) is 13.0 Å². The molecule has 2 unspecified atom stereocenters. The fourth-order valence-electron chi connectivity index (χ4n) is 2.25. The zero-order chi connectivity index (χ0) is 17.4. The summed E-state index contributed by atoms with van der Waals surface area (Å²) in [6.07, 6.45) is 0.844. The van der Waals surface area contributed by atoms with Crippen molar-refractivity contribution in [3.05, 3.63) is 34.4 Å². The third-order valence-corrected chi connectivity index (χ3v) is 4.01. The summed E-state index contributed by atoms with van der Waals surface area (Å²) in [6, 6.07) is 0. The molecule has 0 N–H and O–H groups in total. The molecule has 1 aromatic carbocycles. The first-order chi connectivity index (χ1) is 10.8. The second kappa shape index (κ2) is 6.27. The summed E-state index contributed by atoms with van der Waals surface area (Å²) in [5.74, 6) is -7.86. The van der Waals surface area contributed by atoms with Crippen LogP contribution in [0, 0.1) is 34.6 Å². The van der Waals surface area contributed by atoms with E-state index in [-0.39, 0.29) is 6.42 Å². The predicted molar refractivity (Wildman–Crippen MR) is 69.1 cm³/mol. The van der Waals surface area contributed by atoms with Gasteiger partial charge in [0.15, 0.2) is 23.3 Å². The SMILES string of the molecule is COCc1c(F)c(F)c(COC(=O)C2(C)CC2C=O)c(F)c1F. The maximum atomic E-state index is 13.8. The molecular weight excluding hydrogens is 320 g/mol. The van der Waals surface area contributed by atoms with Crippen molar-refractivity contribution in [2.75, 3.05) is 7.11 Å². The summed E-state index contributed by atoms with van der Waals surface area (Å²) in [6.45, 7) is -0.159. The lowest BCUT2D eigenvalue weighted by atomic mass is 10.1. The third-order valence-electron chi connectivity index (χ3n) is 4.01. The first-order valence-corrected chi connectivity index (χ1v) is 6.73. The van der Waals surface area contributed by atoms with E-state index in [0.717, 1.165) is 7.11 Å². The Labute approximate surface area is 129 Å². The molecule has 0 bridgehead atoms. The largest absolute Gasteiger partial charge is 0.460 e. The number of hydrogen-bond acceptors (Lipinski definition) is 4. The Hall–Kier alpha value is -1.96. The van der Waals surface area contributed by atoms with Crippen molar-refractivity contribution in [2.45, 2.75) is 26.6 Å². The Balaban J connectivity index is 2.21. The van der Waals surface area contributed by atoms with Crippen LogP contribution in [0.2, 0.25) is 0 Å². The number of aldehydes is 1. The average Bonchev–Trinajstić information content (AvgIpc) is 3.21. The van der Waals surface area contributed by atoms with Crippen molar-refractivity contribution >= 4 is 12.3 Å². The molecule has 1 aliphatic rings. The quantitative estimate of drug-likeness (QED) is 0.347. The highest BCUT2D eigenvalue weighted by Crippen LogP contribution is 2.51. The molecule has 0 spiro atoms. The first-order valence-electron chi connectivity index (χ1n) is 6.73. The number of carbonyl (C=O) groups excluding carboxylic acids is 2. The molecule has 0 radical (unpaired) electrons. The molecule has 1 fully saturated rings. The van der Waals surface area contributed by atoms with Crippen molar-refractivity contribution in [1.82, 2.24) is 0 Å². The van der Waals surface area contributed by atoms with Gasteiger partial charge in [0.2, 0.25) is 0 Å². The molecule has 23 heavy (non-hydrogen) atoms. The van der Waals surface area contributed by atoms with Crippen LogP contribution < -0.4 is 0 Å². The van der Waals surface area contributed by atoms with Gasteiger partial charge in [-0.3, -0.25) is 4.79 Å². The highest BCUT2D eigenvalue weighted by Gasteiger charge is 2.57. The van der Waals surface area contributed by atoms with Crippen LogP contribution in [-0.4, -0.2) is 19.4 Å². The Morgan fingerprint density at radius 1 is 1.13 bits per heavy atom. The number of halogens is 4. The molecule has 1 saturated carbocycles. The van der Waals surface area contributed by atoms with Gasteiger partial charge in [-0.15, -0.1) is 0 Å². The number of carbonyl (C=O) groups is 2. The minimum absolute atomic E-state index is 0.260. The lowest BCUT2D eigenvalue weighted by Gasteiger charge is -2.13. The molecule has 0 amide bonds. The van der Waals surface area contributed by atoms with Gasteiger partial charge < -0.3 is 14.3 Å². The van der Waals surface area contributed by atoms with Gasteiger partial charge in [-0.2, -0.15) is 0 Å². The van der Waals surface area contributed by atoms with Gasteiger partial charge in [-0.05, 0) is 13.3 Å². The topological polar surface area (TPSA) is 52.6 Å². The van der Waals surface area contributed by atoms with Crippen LogP contribution in [0.25, 0.3) is 0 Å². The molecule has 0 heterocycles. The summed E-state index contributed by atoms with van der Waals surface area (Å²) in [5.41, 5.74) is -2.96. The summed E-state index contributed by atoms with van der Waals surface area (Å²) in [5, 5.41) is 0. The molecule has 1 aromatic rings. The molecule has 4 nitrogen and oxygen atoms in total. The van der Waals surface area contributed by atoms with Crippen molar-refractivity contribution in [3.63, 3.8) is 0 Å². The average molecular weight is 334 g/mol. The molecule has 2 atom stereocenters. The van der Waals surface area contributed by atoms with Crippen molar-refractivity contribution < 1.29 is 36.6 Å². The van der Waals surface area contributed by atoms with E-state index >= 15 is 0 Å². The summed E-state index contributed by atoms with van der Waals surface area (Å²) in [7, 11) is 1.12. The van der Waals surface area contributed by atoms with E-state index in [1.165, 1.54) is 6.92 Å². The standard InChI is InChI=1S/C15H14F4O4/c1-15(3-7(15)4-20)14(21)23-6-9-12(18)10(16)8(5-22-2)11(17)13(9)19/h4,7H,3,5-6H2,1-2H3. The number of rotatable bonds is 6. The van der Waals surface area contributed by atoms with Crippen molar-refractivity contribution in [1.29, 1.82) is 0 Å². The molecule has 0 saturated heterocycles. The summed E-state index contributed by atoms with van der Waals surface area (Å²) in [4.78, 5) is 22.4. The Kier molecular flexibility index (Phi) is 4.74. The Morgan fingerprint density at radius 2 is 1.61 bits per heavy atom. The highest BCUT2D eigenvalue weighted by molar-refractivity contribution is 5.85. The lowest BCUT2D eigenvalue weighted by Crippen LogP contribution is -2.20. The van der Waals surface area contributed by atoms with Gasteiger partial charge in [0.25, 0.3) is 0 Å². The van der Waals surface area contributed by atoms with E-state index in [2.05, 4.69) is 4.74 Å². The second-order valence-electron chi connectivity index (χ2n) is 5.59. The van der Waals surface area contributed by atoms with Gasteiger partial charge in [0.1, 0.15) is 12.9 Å². The van der Waals surface area contributed by atoms with Crippen LogP contribution in [0.15, 0.2) is 0 Å². The van der Waals surface area contributed by atoms with Crippen LogP contribution in [0.4, 0.5) is 17.6 Å². The number of methoxy groups -OCH3 is 1. The number of ether oxygens (including phenoxy) is 2. The van der Waals surface area contributed by atoms with Gasteiger partial charge in [0.05, 0.1) is 23.1 Å². The maximum Gasteiger partial charge on any atom is 0.312 e. The number of hydrogen-bond donors (Lipinski definition) is 0. The van der Waals surface area contributed by atoms with E-state index in [9.17, 15) is 27.2 Å². The molecule has 0 aromatic heterocycles. The van der Waals surface area contributed by atoms with Crippen LogP contribution in [0.5, 0.6) is 0 Å². The van der Waals surface area contributed by atoms with E-state index in [0.29, 0.717) is 6.29 Å². The smallest absolute Gasteiger partial charge is 0.312 e. The predicted octanol–water partition coefficient (Wildman–Crippen LogP) is 2.66.